The molecule has 0 amide bonds. The molecule has 1 aromatic carbocycles. The predicted molar refractivity (Wildman–Crippen MR) is 54.9 cm³/mol. The average molecular weight is 231 g/mol. The molecule has 1 heterocycles. The van der Waals surface area contributed by atoms with E-state index in [2.05, 4.69) is 4.98 Å². The second kappa shape index (κ2) is 3.48. The van der Waals surface area contributed by atoms with Crippen LogP contribution in [0.15, 0.2) is 29.3 Å². The van der Waals surface area contributed by atoms with Crippen molar-refractivity contribution in [3.63, 3.8) is 0 Å². The molecule has 1 nitrogen and oxygen atoms in total. The van der Waals surface area contributed by atoms with Crippen LogP contribution in [0.2, 0.25) is 0 Å². The zero-order valence-electron chi connectivity index (χ0n) is 7.85. The molecule has 0 atom stereocenters. The Bertz CT molecular complexity index is 487. The van der Waals surface area contributed by atoms with E-state index >= 15 is 0 Å². The van der Waals surface area contributed by atoms with E-state index < -0.39 is 5.51 Å². The highest BCUT2D eigenvalue weighted by Gasteiger charge is 2.30. The van der Waals surface area contributed by atoms with E-state index in [0.29, 0.717) is 5.39 Å². The van der Waals surface area contributed by atoms with Gasteiger partial charge in [-0.05, 0) is 30.3 Å². The fourth-order valence-corrected chi connectivity index (χ4v) is 2.28. The molecule has 0 fully saturated rings. The number of benzene rings is 1. The van der Waals surface area contributed by atoms with Crippen molar-refractivity contribution in [2.24, 2.45) is 0 Å². The van der Waals surface area contributed by atoms with Crippen LogP contribution in [-0.4, -0.2) is 10.5 Å². The van der Waals surface area contributed by atoms with Gasteiger partial charge in [-0.25, -0.2) is 0 Å². The lowest BCUT2D eigenvalue weighted by Gasteiger charge is -2.04. The van der Waals surface area contributed by atoms with Crippen molar-refractivity contribution in [2.45, 2.75) is 17.3 Å². The standard InChI is InChI=1S/C10H8F3NS/c1-6-3-2-4-7-9(6)8(5-14-7)15-10(11,12)13/h2-5,14H,1H3. The first kappa shape index (κ1) is 10.4. The molecule has 0 aliphatic heterocycles. The summed E-state index contributed by atoms with van der Waals surface area (Å²) in [5.41, 5.74) is -2.65. The number of nitrogens with one attached hydrogen (secondary N) is 1. The van der Waals surface area contributed by atoms with E-state index in [-0.39, 0.29) is 16.7 Å². The number of aromatic nitrogens is 1. The molecule has 0 radical (unpaired) electrons. The summed E-state index contributed by atoms with van der Waals surface area (Å²) in [6, 6.07) is 5.38. The van der Waals surface area contributed by atoms with Crippen LogP contribution in [0.3, 0.4) is 0 Å². The Morgan fingerprint density at radius 3 is 2.67 bits per heavy atom. The monoisotopic (exact) mass is 231 g/mol. The molecule has 80 valence electrons. The molecule has 0 bridgehead atoms. The van der Waals surface area contributed by atoms with Gasteiger partial charge >= 0.3 is 5.51 Å². The number of alkyl halides is 3. The van der Waals surface area contributed by atoms with E-state index in [1.54, 1.807) is 19.1 Å². The van der Waals surface area contributed by atoms with Crippen LogP contribution in [0, 0.1) is 6.92 Å². The lowest BCUT2D eigenvalue weighted by molar-refractivity contribution is -0.0327. The summed E-state index contributed by atoms with van der Waals surface area (Å²) in [7, 11) is 0. The number of hydrogen-bond donors (Lipinski definition) is 1. The van der Waals surface area contributed by atoms with Gasteiger partial charge in [0.15, 0.2) is 0 Å². The minimum absolute atomic E-state index is 0.0802. The Morgan fingerprint density at radius 2 is 2.00 bits per heavy atom. The molecule has 1 N–H and O–H groups in total. The fraction of sp³-hybridized carbons (Fsp3) is 0.200. The molecule has 0 saturated carbocycles. The first-order valence-electron chi connectivity index (χ1n) is 4.30. The van der Waals surface area contributed by atoms with Crippen molar-refractivity contribution in [2.75, 3.05) is 0 Å². The van der Waals surface area contributed by atoms with E-state index in [0.717, 1.165) is 11.1 Å². The Balaban J connectivity index is 2.53. The summed E-state index contributed by atoms with van der Waals surface area (Å²) in [6.07, 6.45) is 1.40. The maximum atomic E-state index is 12.2. The highest BCUT2D eigenvalue weighted by molar-refractivity contribution is 8.00. The van der Waals surface area contributed by atoms with Crippen molar-refractivity contribution in [1.82, 2.24) is 4.98 Å². The molecule has 0 aliphatic rings. The maximum absolute atomic E-state index is 12.2. The molecular weight excluding hydrogens is 223 g/mol. The molecule has 1 aromatic heterocycles. The number of H-pyrrole nitrogens is 1. The van der Waals surface area contributed by atoms with Gasteiger partial charge in [0.25, 0.3) is 0 Å². The normalized spacial score (nSPS) is 12.3. The van der Waals surface area contributed by atoms with Crippen molar-refractivity contribution >= 4 is 22.7 Å². The van der Waals surface area contributed by atoms with Gasteiger partial charge in [0.2, 0.25) is 0 Å². The minimum atomic E-state index is -4.24. The van der Waals surface area contributed by atoms with Crippen LogP contribution in [0.4, 0.5) is 13.2 Å². The number of hydrogen-bond acceptors (Lipinski definition) is 1. The predicted octanol–water partition coefficient (Wildman–Crippen LogP) is 4.09. The third kappa shape index (κ3) is 2.12. The summed E-state index contributed by atoms with van der Waals surface area (Å²) in [5, 5.41) is 0.653. The maximum Gasteiger partial charge on any atom is 0.446 e. The van der Waals surface area contributed by atoms with Crippen molar-refractivity contribution < 1.29 is 13.2 Å². The average Bonchev–Trinajstić information content (AvgIpc) is 2.47. The zero-order valence-corrected chi connectivity index (χ0v) is 8.67. The zero-order chi connectivity index (χ0) is 11.1. The number of thioether (sulfide) groups is 1. The number of halogens is 3. The summed E-state index contributed by atoms with van der Waals surface area (Å²) < 4.78 is 36.7. The van der Waals surface area contributed by atoms with Crippen molar-refractivity contribution in [1.29, 1.82) is 0 Å². The Hall–Kier alpha value is -1.10. The van der Waals surface area contributed by atoms with Gasteiger partial charge in [-0.3, -0.25) is 0 Å². The lowest BCUT2D eigenvalue weighted by Crippen LogP contribution is -1.98. The van der Waals surface area contributed by atoms with Crippen LogP contribution in [-0.2, 0) is 0 Å². The molecule has 5 heteroatoms. The third-order valence-electron chi connectivity index (χ3n) is 2.10. The summed E-state index contributed by atoms with van der Waals surface area (Å²) in [5.74, 6) is 0. The van der Waals surface area contributed by atoms with Gasteiger partial charge in [0.05, 0.1) is 0 Å². The molecule has 15 heavy (non-hydrogen) atoms. The fourth-order valence-electron chi connectivity index (χ4n) is 1.54. The van der Waals surface area contributed by atoms with E-state index in [1.807, 2.05) is 6.07 Å². The first-order valence-corrected chi connectivity index (χ1v) is 5.11. The quantitative estimate of drug-likeness (QED) is 0.731. The second-order valence-corrected chi connectivity index (χ2v) is 4.31. The van der Waals surface area contributed by atoms with Gasteiger partial charge in [0, 0.05) is 22.0 Å². The van der Waals surface area contributed by atoms with Crippen molar-refractivity contribution in [3.8, 4) is 0 Å². The van der Waals surface area contributed by atoms with E-state index in [1.165, 1.54) is 6.20 Å². The van der Waals surface area contributed by atoms with Gasteiger partial charge < -0.3 is 4.98 Å². The Morgan fingerprint density at radius 1 is 1.27 bits per heavy atom. The van der Waals surface area contributed by atoms with Gasteiger partial charge in [-0.1, -0.05) is 12.1 Å². The molecule has 2 aromatic rings. The van der Waals surface area contributed by atoms with Crippen LogP contribution in [0.5, 0.6) is 0 Å². The molecule has 0 aliphatic carbocycles. The first-order chi connectivity index (χ1) is 6.97. The highest BCUT2D eigenvalue weighted by atomic mass is 32.2. The third-order valence-corrected chi connectivity index (χ3v) is 2.88. The van der Waals surface area contributed by atoms with Gasteiger partial charge in [-0.2, -0.15) is 13.2 Å². The van der Waals surface area contributed by atoms with E-state index in [9.17, 15) is 13.2 Å². The summed E-state index contributed by atoms with van der Waals surface area (Å²) in [4.78, 5) is 3.06. The van der Waals surface area contributed by atoms with Gasteiger partial charge in [0.1, 0.15) is 0 Å². The van der Waals surface area contributed by atoms with Crippen LogP contribution in [0.1, 0.15) is 5.56 Å². The van der Waals surface area contributed by atoms with Gasteiger partial charge in [-0.15, -0.1) is 0 Å². The highest BCUT2D eigenvalue weighted by Crippen LogP contribution is 2.40. The number of aryl methyl sites for hydroxylation is 1. The summed E-state index contributed by atoms with van der Waals surface area (Å²) >= 11 is -0.0802. The van der Waals surface area contributed by atoms with Crippen LogP contribution in [0.25, 0.3) is 10.9 Å². The lowest BCUT2D eigenvalue weighted by atomic mass is 10.1. The molecule has 0 unspecified atom stereocenters. The molecular formula is C10H8F3NS. The Labute approximate surface area is 88.7 Å². The number of rotatable bonds is 1. The Kier molecular flexibility index (Phi) is 2.42. The number of fused-ring (bicyclic) bond motifs is 1. The van der Waals surface area contributed by atoms with Crippen LogP contribution >= 0.6 is 11.8 Å². The van der Waals surface area contributed by atoms with E-state index in [4.69, 9.17) is 0 Å². The molecule has 2 rings (SSSR count). The van der Waals surface area contributed by atoms with Crippen molar-refractivity contribution in [3.05, 3.63) is 30.0 Å². The largest absolute Gasteiger partial charge is 0.446 e. The topological polar surface area (TPSA) is 15.8 Å². The summed E-state index contributed by atoms with van der Waals surface area (Å²) in [6.45, 7) is 1.80. The smallest absolute Gasteiger partial charge is 0.360 e. The number of aromatic amines is 1. The SMILES string of the molecule is Cc1cccc2[nH]cc(SC(F)(F)F)c12. The minimum Gasteiger partial charge on any atom is -0.360 e. The van der Waals surface area contributed by atoms with Crippen LogP contribution < -0.4 is 0 Å². The molecule has 0 saturated heterocycles. The second-order valence-electron chi connectivity index (χ2n) is 3.20. The molecule has 0 spiro atoms.